The maximum Gasteiger partial charge on any atom is 0.312 e. The number of esters is 1. The minimum atomic E-state index is -0.428. The first kappa shape index (κ1) is 17.5. The summed E-state index contributed by atoms with van der Waals surface area (Å²) in [4.78, 5) is 12.7. The largest absolute Gasteiger partial charge is 0.460 e. The number of hydrogen-bond donors (Lipinski definition) is 0. The predicted octanol–water partition coefficient (Wildman–Crippen LogP) is 5.74. The predicted molar refractivity (Wildman–Crippen MR) is 96.2 cm³/mol. The summed E-state index contributed by atoms with van der Waals surface area (Å²) < 4.78 is 5.70. The second-order valence-corrected chi connectivity index (χ2v) is 7.87. The molecule has 0 aliphatic carbocycles. The minimum Gasteiger partial charge on any atom is -0.460 e. The zero-order valence-electron chi connectivity index (χ0n) is 15.0. The van der Waals surface area contributed by atoms with Crippen molar-refractivity contribution in [3.8, 4) is 0 Å². The van der Waals surface area contributed by atoms with E-state index in [9.17, 15) is 4.79 Å². The molecule has 1 atom stereocenters. The molecule has 0 heterocycles. The lowest BCUT2D eigenvalue weighted by Crippen LogP contribution is -2.33. The number of carbonyl (C=O) groups excluding carboxylic acids is 1. The van der Waals surface area contributed by atoms with E-state index in [2.05, 4.69) is 45.9 Å². The van der Waals surface area contributed by atoms with Crippen molar-refractivity contribution < 1.29 is 9.53 Å². The van der Waals surface area contributed by atoms with Gasteiger partial charge in [-0.2, -0.15) is 0 Å². The van der Waals surface area contributed by atoms with Crippen molar-refractivity contribution in [3.63, 3.8) is 0 Å². The molecule has 2 aromatic carbocycles. The molecule has 23 heavy (non-hydrogen) atoms. The van der Waals surface area contributed by atoms with E-state index in [4.69, 9.17) is 4.74 Å². The van der Waals surface area contributed by atoms with Gasteiger partial charge in [-0.25, -0.2) is 0 Å². The molecule has 2 nitrogen and oxygen atoms in total. The zero-order chi connectivity index (χ0) is 17.1. The third-order valence-electron chi connectivity index (χ3n) is 4.43. The maximum atomic E-state index is 12.7. The average molecular weight is 312 g/mol. The van der Waals surface area contributed by atoms with E-state index in [1.807, 2.05) is 31.2 Å². The van der Waals surface area contributed by atoms with Crippen LogP contribution in [0.15, 0.2) is 42.5 Å². The second-order valence-electron chi connectivity index (χ2n) is 7.87. The Balaban J connectivity index is 2.14. The second kappa shape index (κ2) is 6.74. The van der Waals surface area contributed by atoms with Gasteiger partial charge in [0.25, 0.3) is 0 Å². The molecule has 0 radical (unpaired) electrons. The number of ether oxygens (including phenoxy) is 1. The van der Waals surface area contributed by atoms with Gasteiger partial charge < -0.3 is 4.74 Å². The molecule has 0 saturated heterocycles. The van der Waals surface area contributed by atoms with Crippen LogP contribution in [-0.4, -0.2) is 5.97 Å². The quantitative estimate of drug-likeness (QED) is 0.658. The highest BCUT2D eigenvalue weighted by molar-refractivity contribution is 5.86. The van der Waals surface area contributed by atoms with Gasteiger partial charge in [-0.3, -0.25) is 4.79 Å². The molecule has 0 spiro atoms. The topological polar surface area (TPSA) is 26.3 Å². The van der Waals surface area contributed by atoms with Crippen LogP contribution in [0.3, 0.4) is 0 Å². The smallest absolute Gasteiger partial charge is 0.312 e. The molecule has 1 unspecified atom stereocenters. The molecule has 0 aliphatic heterocycles. The molecular formula is C21H28O2. The Morgan fingerprint density at radius 3 is 2.30 bits per heavy atom. The van der Waals surface area contributed by atoms with Crippen LogP contribution in [0, 0.1) is 10.8 Å². The van der Waals surface area contributed by atoms with Crippen molar-refractivity contribution in [1.29, 1.82) is 0 Å². The van der Waals surface area contributed by atoms with Crippen molar-refractivity contribution in [2.24, 2.45) is 10.8 Å². The molecule has 2 rings (SSSR count). The highest BCUT2D eigenvalue weighted by Crippen LogP contribution is 2.37. The van der Waals surface area contributed by atoms with Gasteiger partial charge in [0.15, 0.2) is 0 Å². The Morgan fingerprint density at radius 2 is 1.65 bits per heavy atom. The number of carbonyl (C=O) groups is 1. The molecule has 0 fully saturated rings. The molecule has 0 aromatic heterocycles. The van der Waals surface area contributed by atoms with Gasteiger partial charge in [0.2, 0.25) is 0 Å². The fourth-order valence-corrected chi connectivity index (χ4v) is 3.25. The first-order chi connectivity index (χ1) is 10.7. The summed E-state index contributed by atoms with van der Waals surface area (Å²) in [5, 5.41) is 2.32. The Hall–Kier alpha value is -1.83. The van der Waals surface area contributed by atoms with Crippen LogP contribution in [0.5, 0.6) is 0 Å². The summed E-state index contributed by atoms with van der Waals surface area (Å²) in [6, 6.07) is 14.3. The van der Waals surface area contributed by atoms with Crippen LogP contribution in [-0.2, 0) is 16.1 Å². The summed E-state index contributed by atoms with van der Waals surface area (Å²) in [6.45, 7) is 10.9. The van der Waals surface area contributed by atoms with E-state index < -0.39 is 5.41 Å². The van der Waals surface area contributed by atoms with Crippen LogP contribution in [0.1, 0.15) is 53.0 Å². The highest BCUT2D eigenvalue weighted by atomic mass is 16.5. The average Bonchev–Trinajstić information content (AvgIpc) is 2.50. The first-order valence-electron chi connectivity index (χ1n) is 8.39. The summed E-state index contributed by atoms with van der Waals surface area (Å²) >= 11 is 0. The Kier molecular flexibility index (Phi) is 5.13. The van der Waals surface area contributed by atoms with Crippen LogP contribution in [0.2, 0.25) is 0 Å². The lowest BCUT2D eigenvalue weighted by molar-refractivity contribution is -0.158. The fourth-order valence-electron chi connectivity index (χ4n) is 3.25. The summed E-state index contributed by atoms with van der Waals surface area (Å²) in [7, 11) is 0. The van der Waals surface area contributed by atoms with Crippen LogP contribution in [0.25, 0.3) is 10.8 Å². The number of benzene rings is 2. The molecule has 0 aliphatic rings. The number of fused-ring (bicyclic) bond motifs is 1. The summed E-state index contributed by atoms with van der Waals surface area (Å²) in [5.41, 5.74) is 0.733. The molecule has 0 amide bonds. The van der Waals surface area contributed by atoms with Gasteiger partial charge in [-0.05, 0) is 41.5 Å². The van der Waals surface area contributed by atoms with E-state index >= 15 is 0 Å². The maximum absolute atomic E-state index is 12.7. The van der Waals surface area contributed by atoms with Gasteiger partial charge >= 0.3 is 5.97 Å². The van der Waals surface area contributed by atoms with E-state index in [-0.39, 0.29) is 11.4 Å². The van der Waals surface area contributed by atoms with E-state index in [0.717, 1.165) is 23.8 Å². The molecule has 2 heteroatoms. The van der Waals surface area contributed by atoms with Gasteiger partial charge in [-0.15, -0.1) is 0 Å². The summed E-state index contributed by atoms with van der Waals surface area (Å²) in [5.74, 6) is -0.0946. The Labute approximate surface area is 139 Å². The van der Waals surface area contributed by atoms with Crippen molar-refractivity contribution in [1.82, 2.24) is 0 Å². The molecule has 0 N–H and O–H groups in total. The molecule has 2 aromatic rings. The minimum absolute atomic E-state index is 0.0946. The molecule has 124 valence electrons. The Morgan fingerprint density at radius 1 is 1.00 bits per heavy atom. The Bertz CT molecular complexity index is 676. The first-order valence-corrected chi connectivity index (χ1v) is 8.39. The monoisotopic (exact) mass is 312 g/mol. The highest BCUT2D eigenvalue weighted by Gasteiger charge is 2.36. The van der Waals surface area contributed by atoms with Gasteiger partial charge in [0.1, 0.15) is 6.61 Å². The standard InChI is InChI=1S/C21H28O2/c1-6-21(5,15-20(2,3)4)19(22)23-14-17-12-9-11-16-10-7-8-13-18(16)17/h7-13H,6,14-15H2,1-5H3. The third kappa shape index (κ3) is 4.34. The van der Waals surface area contributed by atoms with Crippen LogP contribution < -0.4 is 0 Å². The van der Waals surface area contributed by atoms with Crippen LogP contribution >= 0.6 is 0 Å². The molecule has 0 bridgehead atoms. The molecule has 0 saturated carbocycles. The third-order valence-corrected chi connectivity index (χ3v) is 4.43. The van der Waals surface area contributed by atoms with Gasteiger partial charge in [-0.1, -0.05) is 70.2 Å². The summed E-state index contributed by atoms with van der Waals surface area (Å²) in [6.07, 6.45) is 1.61. The lowest BCUT2D eigenvalue weighted by Gasteiger charge is -2.32. The van der Waals surface area contributed by atoms with E-state index in [1.54, 1.807) is 0 Å². The fraction of sp³-hybridized carbons (Fsp3) is 0.476. The van der Waals surface area contributed by atoms with Crippen molar-refractivity contribution >= 4 is 16.7 Å². The van der Waals surface area contributed by atoms with Crippen molar-refractivity contribution in [3.05, 3.63) is 48.0 Å². The normalized spacial score (nSPS) is 14.5. The molecular weight excluding hydrogens is 284 g/mol. The zero-order valence-corrected chi connectivity index (χ0v) is 15.0. The van der Waals surface area contributed by atoms with Crippen molar-refractivity contribution in [2.45, 2.75) is 54.1 Å². The van der Waals surface area contributed by atoms with E-state index in [0.29, 0.717) is 6.61 Å². The number of rotatable bonds is 5. The SMILES string of the molecule is CCC(C)(CC(C)(C)C)C(=O)OCc1cccc2ccccc12. The van der Waals surface area contributed by atoms with Gasteiger partial charge in [0.05, 0.1) is 5.41 Å². The number of hydrogen-bond acceptors (Lipinski definition) is 2. The lowest BCUT2D eigenvalue weighted by atomic mass is 9.73. The van der Waals surface area contributed by atoms with Crippen molar-refractivity contribution in [2.75, 3.05) is 0 Å². The van der Waals surface area contributed by atoms with Crippen LogP contribution in [0.4, 0.5) is 0 Å². The van der Waals surface area contributed by atoms with Gasteiger partial charge in [0, 0.05) is 0 Å². The van der Waals surface area contributed by atoms with E-state index in [1.165, 1.54) is 5.39 Å².